The van der Waals surface area contributed by atoms with Gasteiger partial charge in [0.2, 0.25) is 5.91 Å². The van der Waals surface area contributed by atoms with Crippen molar-refractivity contribution >= 4 is 28.2 Å². The third-order valence-corrected chi connectivity index (χ3v) is 6.41. The van der Waals surface area contributed by atoms with Gasteiger partial charge in [-0.1, -0.05) is 6.92 Å². The molecule has 0 aliphatic heterocycles. The minimum atomic E-state index is -0.822. The Balaban J connectivity index is 1.95. The summed E-state index contributed by atoms with van der Waals surface area (Å²) in [7, 11) is 0. The summed E-state index contributed by atoms with van der Waals surface area (Å²) in [5, 5.41) is 12.2. The maximum Gasteiger partial charge on any atom is 0.341 e. The van der Waals surface area contributed by atoms with Gasteiger partial charge in [-0.3, -0.25) is 14.2 Å². The number of fused-ring (bicyclic) bond motifs is 1. The Hall–Kier alpha value is -3.19. The Kier molecular flexibility index (Phi) is 6.75. The van der Waals surface area contributed by atoms with Crippen LogP contribution in [0.15, 0.2) is 15.8 Å². The predicted molar refractivity (Wildman–Crippen MR) is 115 cm³/mol. The molecule has 0 fully saturated rings. The van der Waals surface area contributed by atoms with Crippen LogP contribution in [0.25, 0.3) is 0 Å². The number of aromatic nitrogens is 2. The smallest absolute Gasteiger partial charge is 0.341 e. The molecule has 0 spiro atoms. The number of hydrogen-bond acceptors (Lipinski definition) is 7. The normalized spacial score (nSPS) is 15.1. The van der Waals surface area contributed by atoms with Crippen molar-refractivity contribution in [2.75, 3.05) is 11.9 Å². The van der Waals surface area contributed by atoms with E-state index in [1.807, 2.05) is 0 Å². The van der Waals surface area contributed by atoms with Crippen molar-refractivity contribution in [3.63, 3.8) is 0 Å². The molecule has 0 bridgehead atoms. The Morgan fingerprint density at radius 2 is 2.10 bits per heavy atom. The van der Waals surface area contributed by atoms with Crippen LogP contribution in [0.4, 0.5) is 5.00 Å². The number of aryl methyl sites for hydroxylation is 1. The molecule has 1 aliphatic rings. The van der Waals surface area contributed by atoms with Crippen LogP contribution in [0.3, 0.4) is 0 Å². The van der Waals surface area contributed by atoms with Crippen LogP contribution >= 0.6 is 11.3 Å². The molecule has 164 valence electrons. The summed E-state index contributed by atoms with van der Waals surface area (Å²) in [6, 6.07) is 1.75. The second kappa shape index (κ2) is 9.31. The van der Waals surface area contributed by atoms with Gasteiger partial charge in [0.1, 0.15) is 23.2 Å². The van der Waals surface area contributed by atoms with Crippen LogP contribution in [0, 0.1) is 17.2 Å². The zero-order chi connectivity index (χ0) is 22.7. The number of nitriles is 1. The highest BCUT2D eigenvalue weighted by Gasteiger charge is 2.29. The summed E-state index contributed by atoms with van der Waals surface area (Å²) in [5.41, 5.74) is -0.467. The third kappa shape index (κ3) is 4.46. The third-order valence-electron chi connectivity index (χ3n) is 5.24. The van der Waals surface area contributed by atoms with E-state index in [2.05, 4.69) is 12.2 Å². The first-order valence-corrected chi connectivity index (χ1v) is 11.0. The predicted octanol–water partition coefficient (Wildman–Crippen LogP) is 1.90. The topological polar surface area (TPSA) is 123 Å². The fourth-order valence-electron chi connectivity index (χ4n) is 3.66. The van der Waals surface area contributed by atoms with Crippen molar-refractivity contribution in [2.45, 2.75) is 53.1 Å². The Morgan fingerprint density at radius 1 is 1.35 bits per heavy atom. The summed E-state index contributed by atoms with van der Waals surface area (Å²) in [4.78, 5) is 51.3. The van der Waals surface area contributed by atoms with Crippen LogP contribution < -0.4 is 16.6 Å². The zero-order valence-electron chi connectivity index (χ0n) is 17.7. The van der Waals surface area contributed by atoms with E-state index in [0.29, 0.717) is 16.5 Å². The van der Waals surface area contributed by atoms with Crippen molar-refractivity contribution in [3.8, 4) is 6.07 Å². The summed E-state index contributed by atoms with van der Waals surface area (Å²) < 4.78 is 7.12. The number of carbonyl (C=O) groups excluding carboxylic acids is 2. The van der Waals surface area contributed by atoms with Gasteiger partial charge in [0, 0.05) is 17.6 Å². The number of thiophene rings is 1. The van der Waals surface area contributed by atoms with E-state index in [9.17, 15) is 19.2 Å². The number of hydrogen-bond donors (Lipinski definition) is 1. The van der Waals surface area contributed by atoms with Crippen LogP contribution in [-0.2, 0) is 35.5 Å². The van der Waals surface area contributed by atoms with Crippen molar-refractivity contribution < 1.29 is 14.3 Å². The highest BCUT2D eigenvalue weighted by Crippen LogP contribution is 2.40. The lowest BCUT2D eigenvalue weighted by molar-refractivity contribution is -0.116. The van der Waals surface area contributed by atoms with Gasteiger partial charge in [0.05, 0.1) is 12.2 Å². The monoisotopic (exact) mass is 444 g/mol. The van der Waals surface area contributed by atoms with Gasteiger partial charge in [0.15, 0.2) is 0 Å². The first-order valence-electron chi connectivity index (χ1n) is 10.2. The quantitative estimate of drug-likeness (QED) is 0.679. The van der Waals surface area contributed by atoms with Crippen LogP contribution in [0.2, 0.25) is 0 Å². The average Bonchev–Trinajstić information content (AvgIpc) is 3.08. The highest BCUT2D eigenvalue weighted by molar-refractivity contribution is 7.17. The number of rotatable bonds is 6. The van der Waals surface area contributed by atoms with Gasteiger partial charge in [-0.15, -0.1) is 11.3 Å². The van der Waals surface area contributed by atoms with E-state index in [4.69, 9.17) is 10.00 Å². The van der Waals surface area contributed by atoms with Gasteiger partial charge < -0.3 is 10.1 Å². The molecule has 1 amide bonds. The maximum absolute atomic E-state index is 12.7. The first-order chi connectivity index (χ1) is 14.8. The number of esters is 1. The molecule has 1 atom stereocenters. The lowest BCUT2D eigenvalue weighted by Crippen LogP contribution is -2.43. The Bertz CT molecular complexity index is 1180. The minimum absolute atomic E-state index is 0.208. The minimum Gasteiger partial charge on any atom is -0.462 e. The molecular weight excluding hydrogens is 420 g/mol. The highest BCUT2D eigenvalue weighted by atomic mass is 32.1. The fraction of sp³-hybridized carbons (Fsp3) is 0.476. The number of amides is 1. The number of nitrogens with one attached hydrogen (secondary N) is 1. The molecule has 0 aromatic carbocycles. The second-order valence-electron chi connectivity index (χ2n) is 7.44. The zero-order valence-corrected chi connectivity index (χ0v) is 18.5. The summed E-state index contributed by atoms with van der Waals surface area (Å²) in [5.74, 6) is -0.652. The molecule has 2 aromatic rings. The number of carbonyl (C=O) groups is 2. The lowest BCUT2D eigenvalue weighted by Gasteiger charge is -2.18. The second-order valence-corrected chi connectivity index (χ2v) is 8.54. The van der Waals surface area contributed by atoms with Gasteiger partial charge in [0.25, 0.3) is 5.56 Å². The van der Waals surface area contributed by atoms with Gasteiger partial charge in [-0.2, -0.15) is 5.26 Å². The summed E-state index contributed by atoms with van der Waals surface area (Å²) in [6.07, 6.45) is 3.66. The average molecular weight is 445 g/mol. The van der Waals surface area contributed by atoms with E-state index < -0.39 is 29.7 Å². The maximum atomic E-state index is 12.7. The molecular formula is C21H24N4O5S. The number of ether oxygens (including phenoxy) is 1. The SMILES string of the molecule is CCOC(=O)c1c(NC(=O)Cn2c(=O)c(C#N)cn(CC)c2=O)sc2c1CCC(C)C2. The number of nitrogens with zero attached hydrogens (tertiary/aromatic N) is 3. The summed E-state index contributed by atoms with van der Waals surface area (Å²) >= 11 is 1.33. The lowest BCUT2D eigenvalue weighted by atomic mass is 9.88. The molecule has 1 N–H and O–H groups in total. The molecule has 2 aromatic heterocycles. The molecule has 1 unspecified atom stereocenters. The van der Waals surface area contributed by atoms with E-state index in [0.717, 1.165) is 34.3 Å². The van der Waals surface area contributed by atoms with Gasteiger partial charge in [-0.05, 0) is 44.6 Å². The van der Waals surface area contributed by atoms with Crippen molar-refractivity contribution in [3.05, 3.63) is 48.6 Å². The summed E-state index contributed by atoms with van der Waals surface area (Å²) in [6.45, 7) is 5.44. The van der Waals surface area contributed by atoms with E-state index >= 15 is 0 Å². The first kappa shape index (κ1) is 22.5. The fourth-order valence-corrected chi connectivity index (χ4v) is 5.08. The van der Waals surface area contributed by atoms with Crippen LogP contribution in [0.1, 0.15) is 53.6 Å². The standard InChI is InChI=1S/C21H24N4O5S/c1-4-24-10-13(9-22)19(27)25(21(24)29)11-16(26)23-18-17(20(28)30-5-2)14-7-6-12(3)8-15(14)31-18/h10,12H,4-8,11H2,1-3H3,(H,23,26). The van der Waals surface area contributed by atoms with E-state index in [-0.39, 0.29) is 18.7 Å². The molecule has 1 aliphatic carbocycles. The molecule has 9 nitrogen and oxygen atoms in total. The van der Waals surface area contributed by atoms with Crippen molar-refractivity contribution in [2.24, 2.45) is 5.92 Å². The Labute approximate surface area is 182 Å². The van der Waals surface area contributed by atoms with Crippen LogP contribution in [-0.4, -0.2) is 27.6 Å². The molecule has 3 rings (SSSR count). The van der Waals surface area contributed by atoms with Gasteiger partial charge in [-0.25, -0.2) is 14.2 Å². The number of anilines is 1. The molecule has 31 heavy (non-hydrogen) atoms. The molecule has 0 saturated heterocycles. The van der Waals surface area contributed by atoms with Gasteiger partial charge >= 0.3 is 11.7 Å². The van der Waals surface area contributed by atoms with E-state index in [1.54, 1.807) is 19.9 Å². The van der Waals surface area contributed by atoms with Crippen LogP contribution in [0.5, 0.6) is 0 Å². The largest absolute Gasteiger partial charge is 0.462 e. The van der Waals surface area contributed by atoms with E-state index in [1.165, 1.54) is 22.1 Å². The molecule has 0 radical (unpaired) electrons. The van der Waals surface area contributed by atoms with Crippen molar-refractivity contribution in [1.82, 2.24) is 9.13 Å². The van der Waals surface area contributed by atoms with Crippen molar-refractivity contribution in [1.29, 1.82) is 5.26 Å². The molecule has 0 saturated carbocycles. The Morgan fingerprint density at radius 3 is 2.74 bits per heavy atom. The molecule has 2 heterocycles. The molecule has 10 heteroatoms.